The van der Waals surface area contributed by atoms with Crippen LogP contribution in [0.2, 0.25) is 0 Å². The lowest BCUT2D eigenvalue weighted by Gasteiger charge is -2.16. The summed E-state index contributed by atoms with van der Waals surface area (Å²) in [5, 5.41) is 7.71. The molecule has 0 aliphatic heterocycles. The van der Waals surface area contributed by atoms with Crippen LogP contribution in [0.4, 0.5) is 0 Å². The zero-order chi connectivity index (χ0) is 15.0. The summed E-state index contributed by atoms with van der Waals surface area (Å²) >= 11 is 0. The number of aryl methyl sites for hydroxylation is 3. The lowest BCUT2D eigenvalue weighted by atomic mass is 10.1. The van der Waals surface area contributed by atoms with E-state index in [1.165, 1.54) is 5.69 Å². The third kappa shape index (κ3) is 5.33. The van der Waals surface area contributed by atoms with Crippen molar-refractivity contribution in [3.63, 3.8) is 0 Å². The minimum absolute atomic E-state index is 0.138. The first-order valence-corrected chi connectivity index (χ1v) is 7.49. The van der Waals surface area contributed by atoms with Gasteiger partial charge in [0.05, 0.1) is 12.3 Å². The summed E-state index contributed by atoms with van der Waals surface area (Å²) in [5.41, 5.74) is 2.23. The summed E-state index contributed by atoms with van der Waals surface area (Å²) in [6.07, 6.45) is 2.73. The van der Waals surface area contributed by atoms with Crippen LogP contribution >= 0.6 is 0 Å². The first-order chi connectivity index (χ1) is 9.58. The van der Waals surface area contributed by atoms with Crippen molar-refractivity contribution < 1.29 is 9.53 Å². The Bertz CT molecular complexity index is 415. The molecule has 1 N–H and O–H groups in total. The summed E-state index contributed by atoms with van der Waals surface area (Å²) in [6.45, 7) is 10.1. The van der Waals surface area contributed by atoms with Crippen molar-refractivity contribution in [3.8, 4) is 0 Å². The minimum atomic E-state index is -0.180. The molecule has 0 aliphatic rings. The van der Waals surface area contributed by atoms with Gasteiger partial charge in [-0.25, -0.2) is 0 Å². The topological polar surface area (TPSA) is 56.2 Å². The van der Waals surface area contributed by atoms with Crippen molar-refractivity contribution >= 4 is 5.97 Å². The molecular formula is C15H27N3O2. The molecule has 20 heavy (non-hydrogen) atoms. The Morgan fingerprint density at radius 1 is 1.45 bits per heavy atom. The van der Waals surface area contributed by atoms with Gasteiger partial charge in [0.25, 0.3) is 0 Å². The molecule has 0 amide bonds. The fourth-order valence-electron chi connectivity index (χ4n) is 2.24. The second-order valence-corrected chi connectivity index (χ2v) is 5.05. The van der Waals surface area contributed by atoms with E-state index in [-0.39, 0.29) is 12.0 Å². The standard InChI is InChI=1S/C15H27N3O2/c1-5-8-14(15(19)20-6-2)16-9-7-10-18-13(4)11-12(3)17-18/h11,14,16H,5-10H2,1-4H3. The lowest BCUT2D eigenvalue weighted by Crippen LogP contribution is -2.38. The molecule has 1 aromatic rings. The molecule has 5 nitrogen and oxygen atoms in total. The number of aromatic nitrogens is 2. The molecule has 0 fully saturated rings. The predicted molar refractivity (Wildman–Crippen MR) is 79.6 cm³/mol. The quantitative estimate of drug-likeness (QED) is 0.557. The Morgan fingerprint density at radius 2 is 2.20 bits per heavy atom. The summed E-state index contributed by atoms with van der Waals surface area (Å²) in [7, 11) is 0. The number of hydrogen-bond donors (Lipinski definition) is 1. The molecule has 0 saturated carbocycles. The average molecular weight is 281 g/mol. The third-order valence-corrected chi connectivity index (χ3v) is 3.19. The number of esters is 1. The van der Waals surface area contributed by atoms with Crippen molar-refractivity contribution in [3.05, 3.63) is 17.5 Å². The maximum Gasteiger partial charge on any atom is 0.323 e. The van der Waals surface area contributed by atoms with Gasteiger partial charge in [-0.3, -0.25) is 9.48 Å². The maximum atomic E-state index is 11.8. The fourth-order valence-corrected chi connectivity index (χ4v) is 2.24. The highest BCUT2D eigenvalue weighted by molar-refractivity contribution is 5.75. The van der Waals surface area contributed by atoms with Gasteiger partial charge in [-0.05, 0) is 46.2 Å². The molecule has 0 radical (unpaired) electrons. The van der Waals surface area contributed by atoms with Gasteiger partial charge in [0.15, 0.2) is 0 Å². The lowest BCUT2D eigenvalue weighted by molar-refractivity contribution is -0.145. The second-order valence-electron chi connectivity index (χ2n) is 5.05. The molecule has 1 heterocycles. The summed E-state index contributed by atoms with van der Waals surface area (Å²) in [5.74, 6) is -0.138. The normalized spacial score (nSPS) is 12.4. The van der Waals surface area contributed by atoms with Crippen LogP contribution in [0.1, 0.15) is 44.5 Å². The first kappa shape index (κ1) is 16.7. The fraction of sp³-hybridized carbons (Fsp3) is 0.733. The van der Waals surface area contributed by atoms with Crippen molar-refractivity contribution in [1.82, 2.24) is 15.1 Å². The number of hydrogen-bond acceptors (Lipinski definition) is 4. The Hall–Kier alpha value is -1.36. The molecule has 5 heteroatoms. The van der Waals surface area contributed by atoms with Crippen LogP contribution in [-0.4, -0.2) is 34.9 Å². The molecule has 0 spiro atoms. The molecule has 0 aromatic carbocycles. The van der Waals surface area contributed by atoms with Gasteiger partial charge in [-0.1, -0.05) is 13.3 Å². The van der Waals surface area contributed by atoms with E-state index in [4.69, 9.17) is 4.74 Å². The molecular weight excluding hydrogens is 254 g/mol. The Balaban J connectivity index is 2.33. The van der Waals surface area contributed by atoms with Crippen molar-refractivity contribution in [2.24, 2.45) is 0 Å². The second kappa shape index (κ2) is 8.74. The largest absolute Gasteiger partial charge is 0.465 e. The third-order valence-electron chi connectivity index (χ3n) is 3.19. The van der Waals surface area contributed by atoms with E-state index in [0.29, 0.717) is 6.61 Å². The van der Waals surface area contributed by atoms with Gasteiger partial charge in [0.1, 0.15) is 6.04 Å². The van der Waals surface area contributed by atoms with Crippen LogP contribution in [0, 0.1) is 13.8 Å². The highest BCUT2D eigenvalue weighted by Gasteiger charge is 2.17. The summed E-state index contributed by atoms with van der Waals surface area (Å²) < 4.78 is 7.09. The number of carbonyl (C=O) groups is 1. The van der Waals surface area contributed by atoms with Crippen LogP contribution in [-0.2, 0) is 16.1 Å². The van der Waals surface area contributed by atoms with E-state index >= 15 is 0 Å². The zero-order valence-electron chi connectivity index (χ0n) is 13.1. The van der Waals surface area contributed by atoms with E-state index in [1.54, 1.807) is 0 Å². The van der Waals surface area contributed by atoms with E-state index in [1.807, 2.05) is 18.5 Å². The number of rotatable bonds is 9. The predicted octanol–water partition coefficient (Wildman–Crippen LogP) is 2.21. The average Bonchev–Trinajstić information content (AvgIpc) is 2.72. The molecule has 0 bridgehead atoms. The molecule has 0 saturated heterocycles. The van der Waals surface area contributed by atoms with Crippen molar-refractivity contribution in [2.75, 3.05) is 13.2 Å². The van der Waals surface area contributed by atoms with Crippen molar-refractivity contribution in [2.45, 2.75) is 59.5 Å². The number of nitrogens with one attached hydrogen (secondary N) is 1. The summed E-state index contributed by atoms with van der Waals surface area (Å²) in [4.78, 5) is 11.8. The maximum absolute atomic E-state index is 11.8. The van der Waals surface area contributed by atoms with Crippen LogP contribution in [0.25, 0.3) is 0 Å². The van der Waals surface area contributed by atoms with Gasteiger partial charge in [0.2, 0.25) is 0 Å². The van der Waals surface area contributed by atoms with Crippen LogP contribution in [0.3, 0.4) is 0 Å². The SMILES string of the molecule is CCCC(NCCCn1nc(C)cc1C)C(=O)OCC. The number of ether oxygens (including phenoxy) is 1. The van der Waals surface area contributed by atoms with Crippen LogP contribution in [0.5, 0.6) is 0 Å². The van der Waals surface area contributed by atoms with Gasteiger partial charge < -0.3 is 10.1 Å². The molecule has 0 aliphatic carbocycles. The Kier molecular flexibility index (Phi) is 7.30. The van der Waals surface area contributed by atoms with Gasteiger partial charge in [-0.15, -0.1) is 0 Å². The van der Waals surface area contributed by atoms with Crippen molar-refractivity contribution in [1.29, 1.82) is 0 Å². The molecule has 114 valence electrons. The molecule has 1 atom stereocenters. The van der Waals surface area contributed by atoms with E-state index in [0.717, 1.165) is 38.0 Å². The van der Waals surface area contributed by atoms with Gasteiger partial charge in [-0.2, -0.15) is 5.10 Å². The monoisotopic (exact) mass is 281 g/mol. The zero-order valence-corrected chi connectivity index (χ0v) is 13.1. The number of nitrogens with zero attached hydrogens (tertiary/aromatic N) is 2. The molecule has 1 aromatic heterocycles. The first-order valence-electron chi connectivity index (χ1n) is 7.49. The smallest absolute Gasteiger partial charge is 0.323 e. The molecule has 1 rings (SSSR count). The molecule has 1 unspecified atom stereocenters. The minimum Gasteiger partial charge on any atom is -0.465 e. The van der Waals surface area contributed by atoms with E-state index in [9.17, 15) is 4.79 Å². The number of carbonyl (C=O) groups excluding carboxylic acids is 1. The summed E-state index contributed by atoms with van der Waals surface area (Å²) in [6, 6.07) is 1.90. The van der Waals surface area contributed by atoms with E-state index in [2.05, 4.69) is 30.3 Å². The highest BCUT2D eigenvalue weighted by atomic mass is 16.5. The Labute approximate surface area is 121 Å². The van der Waals surface area contributed by atoms with Gasteiger partial charge in [0, 0.05) is 12.2 Å². The van der Waals surface area contributed by atoms with E-state index < -0.39 is 0 Å². The van der Waals surface area contributed by atoms with Crippen LogP contribution < -0.4 is 5.32 Å². The van der Waals surface area contributed by atoms with Gasteiger partial charge >= 0.3 is 5.97 Å². The van der Waals surface area contributed by atoms with Crippen LogP contribution in [0.15, 0.2) is 6.07 Å². The highest BCUT2D eigenvalue weighted by Crippen LogP contribution is 2.03. The Morgan fingerprint density at radius 3 is 2.75 bits per heavy atom.